The molecular formula is C17H17FN2O3S. The number of amides is 2. The van der Waals surface area contributed by atoms with Crippen LogP contribution < -0.4 is 10.1 Å². The molecule has 5 nitrogen and oxygen atoms in total. The summed E-state index contributed by atoms with van der Waals surface area (Å²) in [7, 11) is 3.37. The zero-order valence-corrected chi connectivity index (χ0v) is 14.1. The first kappa shape index (κ1) is 17.8. The number of rotatable bonds is 5. The molecule has 0 fully saturated rings. The van der Waals surface area contributed by atoms with E-state index >= 15 is 0 Å². The summed E-state index contributed by atoms with van der Waals surface area (Å²) in [5.41, 5.74) is 0.587. The van der Waals surface area contributed by atoms with E-state index in [1.807, 2.05) is 0 Å². The van der Waals surface area contributed by atoms with E-state index in [0.717, 1.165) is 16.7 Å². The Morgan fingerprint density at radius 3 is 2.50 bits per heavy atom. The first-order chi connectivity index (χ1) is 11.4. The molecule has 0 aliphatic heterocycles. The topological polar surface area (TPSA) is 58.6 Å². The van der Waals surface area contributed by atoms with Gasteiger partial charge >= 0.3 is 0 Å². The van der Waals surface area contributed by atoms with E-state index in [4.69, 9.17) is 4.74 Å². The van der Waals surface area contributed by atoms with Crippen molar-refractivity contribution >= 4 is 28.6 Å². The third-order valence-electron chi connectivity index (χ3n) is 2.87. The second kappa shape index (κ2) is 8.35. The molecule has 0 bridgehead atoms. The summed E-state index contributed by atoms with van der Waals surface area (Å²) in [6.07, 6.45) is 0. The molecule has 0 spiro atoms. The van der Waals surface area contributed by atoms with Crippen molar-refractivity contribution in [3.8, 4) is 5.75 Å². The third kappa shape index (κ3) is 5.58. The number of carbonyl (C=O) groups excluding carboxylic acids is 2. The second-order valence-electron chi connectivity index (χ2n) is 5.08. The van der Waals surface area contributed by atoms with E-state index in [1.165, 1.54) is 23.1 Å². The van der Waals surface area contributed by atoms with Gasteiger partial charge in [0.15, 0.2) is 6.61 Å². The maximum absolute atomic E-state index is 13.0. The van der Waals surface area contributed by atoms with Crippen LogP contribution in [0.5, 0.6) is 5.75 Å². The molecule has 2 amide bonds. The molecule has 0 heterocycles. The first-order valence-electron chi connectivity index (χ1n) is 7.11. The molecule has 2 aromatic rings. The summed E-state index contributed by atoms with van der Waals surface area (Å²) in [4.78, 5) is 25.7. The highest BCUT2D eigenvalue weighted by Gasteiger charge is 2.08. The normalized spacial score (nSPS) is 10.1. The van der Waals surface area contributed by atoms with Gasteiger partial charge < -0.3 is 15.0 Å². The highest BCUT2D eigenvalue weighted by Crippen LogP contribution is 2.22. The largest absolute Gasteiger partial charge is 0.484 e. The zero-order chi connectivity index (χ0) is 17.5. The van der Waals surface area contributed by atoms with Crippen molar-refractivity contribution < 1.29 is 18.7 Å². The molecule has 1 N–H and O–H groups in total. The molecule has 0 aromatic heterocycles. The van der Waals surface area contributed by atoms with Crippen LogP contribution in [0.4, 0.5) is 14.9 Å². The summed E-state index contributed by atoms with van der Waals surface area (Å²) in [6, 6.07) is 12.5. The maximum Gasteiger partial charge on any atom is 0.285 e. The van der Waals surface area contributed by atoms with Gasteiger partial charge in [-0.1, -0.05) is 6.07 Å². The van der Waals surface area contributed by atoms with Gasteiger partial charge in [0.1, 0.15) is 11.6 Å². The quantitative estimate of drug-likeness (QED) is 0.839. The molecule has 2 rings (SSSR count). The van der Waals surface area contributed by atoms with E-state index in [1.54, 1.807) is 44.4 Å². The Bertz CT molecular complexity index is 720. The molecule has 2 aromatic carbocycles. The Labute approximate surface area is 143 Å². The van der Waals surface area contributed by atoms with E-state index in [2.05, 4.69) is 5.32 Å². The van der Waals surface area contributed by atoms with Crippen LogP contribution in [0.1, 0.15) is 0 Å². The minimum Gasteiger partial charge on any atom is -0.484 e. The van der Waals surface area contributed by atoms with Crippen molar-refractivity contribution in [3.05, 3.63) is 54.3 Å². The van der Waals surface area contributed by atoms with Gasteiger partial charge in [-0.2, -0.15) is 0 Å². The van der Waals surface area contributed by atoms with Gasteiger partial charge in [0, 0.05) is 30.7 Å². The van der Waals surface area contributed by atoms with Crippen LogP contribution in [0, 0.1) is 5.82 Å². The number of hydrogen-bond donors (Lipinski definition) is 1. The molecule has 0 aliphatic rings. The Kier molecular flexibility index (Phi) is 6.20. The summed E-state index contributed by atoms with van der Waals surface area (Å²) in [6.45, 7) is -0.223. The second-order valence-corrected chi connectivity index (χ2v) is 6.11. The molecule has 0 saturated heterocycles. The highest BCUT2D eigenvalue weighted by molar-refractivity contribution is 8.13. The standard InChI is InChI=1S/C17H17FN2O3S/c1-20(2)17(22)24-15-8-6-13(7-9-15)19-16(21)11-23-14-5-3-4-12(18)10-14/h3-10H,11H2,1-2H3,(H,19,21). The van der Waals surface area contributed by atoms with Crippen molar-refractivity contribution in [1.29, 1.82) is 0 Å². The Morgan fingerprint density at radius 2 is 1.88 bits per heavy atom. The van der Waals surface area contributed by atoms with Gasteiger partial charge in [-0.05, 0) is 48.2 Å². The predicted octanol–water partition coefficient (Wildman–Crippen LogP) is 3.62. The fraction of sp³-hybridized carbons (Fsp3) is 0.176. The predicted molar refractivity (Wildman–Crippen MR) is 91.9 cm³/mol. The maximum atomic E-state index is 13.0. The number of nitrogens with one attached hydrogen (secondary N) is 1. The van der Waals surface area contributed by atoms with Crippen LogP contribution in [0.2, 0.25) is 0 Å². The van der Waals surface area contributed by atoms with Crippen LogP contribution >= 0.6 is 11.8 Å². The lowest BCUT2D eigenvalue weighted by Crippen LogP contribution is -2.20. The molecular weight excluding hydrogens is 331 g/mol. The number of benzene rings is 2. The van der Waals surface area contributed by atoms with E-state index in [9.17, 15) is 14.0 Å². The number of carbonyl (C=O) groups is 2. The van der Waals surface area contributed by atoms with Crippen LogP contribution in [0.15, 0.2) is 53.4 Å². The minimum atomic E-state index is -0.423. The average Bonchev–Trinajstić information content (AvgIpc) is 2.55. The van der Waals surface area contributed by atoms with E-state index in [-0.39, 0.29) is 17.8 Å². The van der Waals surface area contributed by atoms with Gasteiger partial charge in [0.2, 0.25) is 0 Å². The molecule has 0 saturated carbocycles. The van der Waals surface area contributed by atoms with Crippen LogP contribution in [-0.2, 0) is 4.79 Å². The first-order valence-corrected chi connectivity index (χ1v) is 7.93. The number of nitrogens with zero attached hydrogens (tertiary/aromatic N) is 1. The van der Waals surface area contributed by atoms with E-state index < -0.39 is 5.82 Å². The summed E-state index contributed by atoms with van der Waals surface area (Å²) < 4.78 is 18.2. The molecule has 0 unspecified atom stereocenters. The number of ether oxygens (including phenoxy) is 1. The summed E-state index contributed by atoms with van der Waals surface area (Å²) >= 11 is 1.10. The Balaban J connectivity index is 1.84. The summed E-state index contributed by atoms with van der Waals surface area (Å²) in [5, 5.41) is 2.59. The lowest BCUT2D eigenvalue weighted by Gasteiger charge is -2.10. The van der Waals surface area contributed by atoms with Crippen molar-refractivity contribution in [2.45, 2.75) is 4.90 Å². The van der Waals surface area contributed by atoms with Gasteiger partial charge in [0.05, 0.1) is 0 Å². The van der Waals surface area contributed by atoms with Gasteiger partial charge in [-0.15, -0.1) is 0 Å². The number of anilines is 1. The molecule has 24 heavy (non-hydrogen) atoms. The SMILES string of the molecule is CN(C)C(=O)Sc1ccc(NC(=O)COc2cccc(F)c2)cc1. The van der Waals surface area contributed by atoms with Crippen molar-refractivity contribution in [2.75, 3.05) is 26.0 Å². The lowest BCUT2D eigenvalue weighted by atomic mass is 10.3. The molecule has 0 atom stereocenters. The molecule has 126 valence electrons. The molecule has 0 radical (unpaired) electrons. The summed E-state index contributed by atoms with van der Waals surface area (Å²) in [5.74, 6) is -0.489. The van der Waals surface area contributed by atoms with Gasteiger partial charge in [-0.3, -0.25) is 9.59 Å². The molecule has 0 aliphatic carbocycles. The van der Waals surface area contributed by atoms with Crippen LogP contribution in [0.25, 0.3) is 0 Å². The Morgan fingerprint density at radius 1 is 1.17 bits per heavy atom. The smallest absolute Gasteiger partial charge is 0.285 e. The average molecular weight is 348 g/mol. The monoisotopic (exact) mass is 348 g/mol. The van der Waals surface area contributed by atoms with Gasteiger partial charge in [-0.25, -0.2) is 4.39 Å². The Hall–Kier alpha value is -2.54. The van der Waals surface area contributed by atoms with E-state index in [0.29, 0.717) is 11.4 Å². The van der Waals surface area contributed by atoms with Gasteiger partial charge in [0.25, 0.3) is 11.1 Å². The number of thioether (sulfide) groups is 1. The minimum absolute atomic E-state index is 0.0738. The lowest BCUT2D eigenvalue weighted by molar-refractivity contribution is -0.118. The van der Waals surface area contributed by atoms with Crippen molar-refractivity contribution in [1.82, 2.24) is 4.90 Å². The fourth-order valence-corrected chi connectivity index (χ4v) is 2.36. The van der Waals surface area contributed by atoms with Crippen molar-refractivity contribution in [2.24, 2.45) is 0 Å². The highest BCUT2D eigenvalue weighted by atomic mass is 32.2. The third-order valence-corrected chi connectivity index (χ3v) is 3.92. The zero-order valence-electron chi connectivity index (χ0n) is 13.3. The van der Waals surface area contributed by atoms with Crippen LogP contribution in [-0.4, -0.2) is 36.7 Å². The fourth-order valence-electron chi connectivity index (χ4n) is 1.70. The number of halogens is 1. The van der Waals surface area contributed by atoms with Crippen LogP contribution in [0.3, 0.4) is 0 Å². The molecule has 7 heteroatoms. The number of hydrogen-bond acceptors (Lipinski definition) is 4. The van der Waals surface area contributed by atoms with Crippen molar-refractivity contribution in [3.63, 3.8) is 0 Å².